The molecular weight excluding hydrogens is 390 g/mol. The van der Waals surface area contributed by atoms with Crippen molar-refractivity contribution >= 4 is 41.0 Å². The molecule has 0 aliphatic rings. The SMILES string of the molecule is O=C(/C=C/c1ccccc1Cl)c1ccc(NC(=O)c2ccccc2C(=O)O)cc1. The number of halogens is 1. The fourth-order valence-corrected chi connectivity index (χ4v) is 2.85. The quantitative estimate of drug-likeness (QED) is 0.437. The average Bonchev–Trinajstić information content (AvgIpc) is 2.73. The van der Waals surface area contributed by atoms with E-state index < -0.39 is 11.9 Å². The molecular formula is C23H16ClNO4. The van der Waals surface area contributed by atoms with E-state index in [1.54, 1.807) is 54.6 Å². The van der Waals surface area contributed by atoms with E-state index in [-0.39, 0.29) is 16.9 Å². The molecule has 3 aromatic rings. The molecule has 0 bridgehead atoms. The van der Waals surface area contributed by atoms with Crippen LogP contribution in [0.4, 0.5) is 5.69 Å². The maximum Gasteiger partial charge on any atom is 0.336 e. The van der Waals surface area contributed by atoms with Gasteiger partial charge in [0, 0.05) is 16.3 Å². The smallest absolute Gasteiger partial charge is 0.336 e. The van der Waals surface area contributed by atoms with Gasteiger partial charge in [0.05, 0.1) is 11.1 Å². The molecule has 2 N–H and O–H groups in total. The highest BCUT2D eigenvalue weighted by Gasteiger charge is 2.15. The summed E-state index contributed by atoms with van der Waals surface area (Å²) in [5.74, 6) is -1.93. The Morgan fingerprint density at radius 2 is 1.45 bits per heavy atom. The molecule has 0 saturated carbocycles. The van der Waals surface area contributed by atoms with Gasteiger partial charge in [-0.25, -0.2) is 4.79 Å². The van der Waals surface area contributed by atoms with E-state index in [2.05, 4.69) is 5.32 Å². The van der Waals surface area contributed by atoms with Crippen molar-refractivity contribution in [2.24, 2.45) is 0 Å². The average molecular weight is 406 g/mol. The van der Waals surface area contributed by atoms with E-state index in [1.165, 1.54) is 18.2 Å². The molecule has 144 valence electrons. The number of carbonyl (C=O) groups excluding carboxylic acids is 2. The normalized spacial score (nSPS) is 10.7. The van der Waals surface area contributed by atoms with Gasteiger partial charge < -0.3 is 10.4 Å². The second-order valence-electron chi connectivity index (χ2n) is 6.10. The summed E-state index contributed by atoms with van der Waals surface area (Å²) in [6.07, 6.45) is 3.07. The molecule has 0 aliphatic carbocycles. The van der Waals surface area contributed by atoms with Gasteiger partial charge in [-0.05, 0) is 60.2 Å². The molecule has 0 aliphatic heterocycles. The van der Waals surface area contributed by atoms with Crippen LogP contribution < -0.4 is 5.32 Å². The lowest BCUT2D eigenvalue weighted by Crippen LogP contribution is -2.16. The van der Waals surface area contributed by atoms with Crippen LogP contribution in [0.5, 0.6) is 0 Å². The fraction of sp³-hybridized carbons (Fsp3) is 0. The predicted octanol–water partition coefficient (Wildman–Crippen LogP) is 5.19. The first-order valence-electron chi connectivity index (χ1n) is 8.66. The summed E-state index contributed by atoms with van der Waals surface area (Å²) in [4.78, 5) is 36.0. The van der Waals surface area contributed by atoms with Gasteiger partial charge in [-0.1, -0.05) is 41.9 Å². The minimum atomic E-state index is -1.18. The zero-order chi connectivity index (χ0) is 20.8. The second-order valence-corrected chi connectivity index (χ2v) is 6.51. The molecule has 0 saturated heterocycles. The van der Waals surface area contributed by atoms with E-state index in [0.29, 0.717) is 16.3 Å². The fourth-order valence-electron chi connectivity index (χ4n) is 2.66. The number of benzene rings is 3. The third kappa shape index (κ3) is 4.97. The molecule has 0 heterocycles. The van der Waals surface area contributed by atoms with Crippen molar-refractivity contribution in [3.05, 3.63) is 106 Å². The topological polar surface area (TPSA) is 83.5 Å². The summed E-state index contributed by atoms with van der Waals surface area (Å²) in [5.41, 5.74) is 1.60. The number of hydrogen-bond donors (Lipinski definition) is 2. The van der Waals surface area contributed by atoms with Gasteiger partial charge in [0.1, 0.15) is 0 Å². The second kappa shape index (κ2) is 8.99. The van der Waals surface area contributed by atoms with Gasteiger partial charge >= 0.3 is 5.97 Å². The molecule has 3 rings (SSSR count). The molecule has 0 atom stereocenters. The Hall–Kier alpha value is -3.70. The third-order valence-corrected chi connectivity index (χ3v) is 4.49. The highest BCUT2D eigenvalue weighted by Crippen LogP contribution is 2.18. The molecule has 0 unspecified atom stereocenters. The lowest BCUT2D eigenvalue weighted by Gasteiger charge is -2.08. The van der Waals surface area contributed by atoms with Crippen LogP contribution in [0.2, 0.25) is 5.02 Å². The number of amides is 1. The molecule has 1 amide bonds. The number of carbonyl (C=O) groups is 3. The van der Waals surface area contributed by atoms with Crippen LogP contribution in [0.25, 0.3) is 6.08 Å². The van der Waals surface area contributed by atoms with Crippen LogP contribution in [0, 0.1) is 0 Å². The van der Waals surface area contributed by atoms with Crippen LogP contribution in [0.15, 0.2) is 78.9 Å². The maximum absolute atomic E-state index is 12.4. The molecule has 0 spiro atoms. The first-order valence-corrected chi connectivity index (χ1v) is 9.04. The van der Waals surface area contributed by atoms with Crippen LogP contribution >= 0.6 is 11.6 Å². The summed E-state index contributed by atoms with van der Waals surface area (Å²) in [5, 5.41) is 12.4. The largest absolute Gasteiger partial charge is 0.478 e. The molecule has 29 heavy (non-hydrogen) atoms. The van der Waals surface area contributed by atoms with Gasteiger partial charge in [0.25, 0.3) is 5.91 Å². The Labute approximate surface area is 172 Å². The van der Waals surface area contributed by atoms with Crippen LogP contribution in [0.1, 0.15) is 36.6 Å². The van der Waals surface area contributed by atoms with Crippen molar-refractivity contribution in [2.45, 2.75) is 0 Å². The van der Waals surface area contributed by atoms with Crippen molar-refractivity contribution < 1.29 is 19.5 Å². The monoisotopic (exact) mass is 405 g/mol. The number of nitrogens with one attached hydrogen (secondary N) is 1. The number of carboxylic acid groups (broad SMARTS) is 1. The number of rotatable bonds is 6. The zero-order valence-electron chi connectivity index (χ0n) is 15.1. The number of anilines is 1. The lowest BCUT2D eigenvalue weighted by molar-refractivity contribution is 0.0692. The van der Waals surface area contributed by atoms with Gasteiger partial charge in [0.2, 0.25) is 0 Å². The molecule has 0 radical (unpaired) electrons. The highest BCUT2D eigenvalue weighted by atomic mass is 35.5. The highest BCUT2D eigenvalue weighted by molar-refractivity contribution is 6.32. The van der Waals surface area contributed by atoms with Crippen LogP contribution in [-0.2, 0) is 0 Å². The summed E-state index contributed by atoms with van der Waals surface area (Å²) < 4.78 is 0. The van der Waals surface area contributed by atoms with Gasteiger partial charge in [-0.15, -0.1) is 0 Å². The van der Waals surface area contributed by atoms with Gasteiger partial charge in [-0.2, -0.15) is 0 Å². The first kappa shape index (κ1) is 20.0. The summed E-state index contributed by atoms with van der Waals surface area (Å²) in [7, 11) is 0. The predicted molar refractivity (Wildman–Crippen MR) is 113 cm³/mol. The first-order chi connectivity index (χ1) is 14.0. The van der Waals surface area contributed by atoms with Crippen molar-refractivity contribution in [3.63, 3.8) is 0 Å². The molecule has 5 nitrogen and oxygen atoms in total. The van der Waals surface area contributed by atoms with Gasteiger partial charge in [0.15, 0.2) is 5.78 Å². The standard InChI is InChI=1S/C23H16ClNO4/c24-20-8-4-1-5-15(20)11-14-21(26)16-9-12-17(13-10-16)25-22(27)18-6-2-3-7-19(18)23(28)29/h1-14H,(H,25,27)(H,28,29)/b14-11+. The van der Waals surface area contributed by atoms with Gasteiger partial charge in [-0.3, -0.25) is 9.59 Å². The van der Waals surface area contributed by atoms with Crippen molar-refractivity contribution in [2.75, 3.05) is 5.32 Å². The third-order valence-electron chi connectivity index (χ3n) is 4.15. The Morgan fingerprint density at radius 3 is 2.10 bits per heavy atom. The molecule has 3 aromatic carbocycles. The van der Waals surface area contributed by atoms with Crippen molar-refractivity contribution in [1.29, 1.82) is 0 Å². The van der Waals surface area contributed by atoms with E-state index in [4.69, 9.17) is 11.6 Å². The zero-order valence-corrected chi connectivity index (χ0v) is 15.9. The van der Waals surface area contributed by atoms with E-state index >= 15 is 0 Å². The number of allylic oxidation sites excluding steroid dienone is 1. The molecule has 6 heteroatoms. The molecule has 0 aromatic heterocycles. The Kier molecular flexibility index (Phi) is 6.22. The van der Waals surface area contributed by atoms with E-state index in [0.717, 1.165) is 5.56 Å². The number of carboxylic acids is 1. The molecule has 0 fully saturated rings. The summed E-state index contributed by atoms with van der Waals surface area (Å²) >= 11 is 6.06. The Morgan fingerprint density at radius 1 is 0.828 bits per heavy atom. The Balaban J connectivity index is 1.70. The maximum atomic E-state index is 12.4. The van der Waals surface area contributed by atoms with Crippen LogP contribution in [-0.4, -0.2) is 22.8 Å². The van der Waals surface area contributed by atoms with Crippen molar-refractivity contribution in [1.82, 2.24) is 0 Å². The summed E-state index contributed by atoms with van der Waals surface area (Å²) in [6.45, 7) is 0. The number of aromatic carboxylic acids is 1. The minimum Gasteiger partial charge on any atom is -0.478 e. The number of ketones is 1. The van der Waals surface area contributed by atoms with E-state index in [1.807, 2.05) is 12.1 Å². The lowest BCUT2D eigenvalue weighted by atomic mass is 10.1. The summed E-state index contributed by atoms with van der Waals surface area (Å²) in [6, 6.07) is 19.5. The van der Waals surface area contributed by atoms with Crippen molar-refractivity contribution in [3.8, 4) is 0 Å². The Bertz CT molecular complexity index is 1100. The van der Waals surface area contributed by atoms with Crippen LogP contribution in [0.3, 0.4) is 0 Å². The minimum absolute atomic E-state index is 0.0582. The van der Waals surface area contributed by atoms with E-state index in [9.17, 15) is 19.5 Å². The number of hydrogen-bond acceptors (Lipinski definition) is 3.